The molecule has 2 aromatic carbocycles. The first-order valence-corrected chi connectivity index (χ1v) is 9.21. The summed E-state index contributed by atoms with van der Waals surface area (Å²) in [5.74, 6) is 1.55. The molecule has 0 atom stereocenters. The van der Waals surface area contributed by atoms with Gasteiger partial charge in [-0.15, -0.1) is 0 Å². The second kappa shape index (κ2) is 6.83. The van der Waals surface area contributed by atoms with Crippen LogP contribution in [0.3, 0.4) is 0 Å². The standard InChI is InChI=1S/C23H18N4O2/c1-27-22(13-19(26-27)15-6-3-2-4-7-15)24-14-18-17-10-9-16(21-8-5-11-29-21)12-20(17)25-23(18)28/h2-14,25,28H,1H3. The molecule has 6 nitrogen and oxygen atoms in total. The summed E-state index contributed by atoms with van der Waals surface area (Å²) in [6.45, 7) is 0. The van der Waals surface area contributed by atoms with Crippen molar-refractivity contribution in [1.82, 2.24) is 14.8 Å². The molecule has 0 radical (unpaired) electrons. The lowest BCUT2D eigenvalue weighted by atomic mass is 10.1. The van der Waals surface area contributed by atoms with Crippen molar-refractivity contribution >= 4 is 22.9 Å². The molecular weight excluding hydrogens is 364 g/mol. The summed E-state index contributed by atoms with van der Waals surface area (Å²) in [6.07, 6.45) is 3.30. The fraction of sp³-hybridized carbons (Fsp3) is 0.0435. The molecule has 6 heteroatoms. The van der Waals surface area contributed by atoms with Crippen LogP contribution in [-0.4, -0.2) is 26.1 Å². The highest BCUT2D eigenvalue weighted by Gasteiger charge is 2.12. The topological polar surface area (TPSA) is 79.3 Å². The van der Waals surface area contributed by atoms with Gasteiger partial charge < -0.3 is 14.5 Å². The smallest absolute Gasteiger partial charge is 0.198 e. The van der Waals surface area contributed by atoms with E-state index >= 15 is 0 Å². The number of aromatic nitrogens is 3. The summed E-state index contributed by atoms with van der Waals surface area (Å²) in [6, 6.07) is 21.5. The summed E-state index contributed by atoms with van der Waals surface area (Å²) >= 11 is 0. The van der Waals surface area contributed by atoms with Crippen molar-refractivity contribution in [3.8, 4) is 28.5 Å². The first kappa shape index (κ1) is 17.1. The lowest BCUT2D eigenvalue weighted by Crippen LogP contribution is -1.90. The third-order valence-corrected chi connectivity index (χ3v) is 4.87. The Hall–Kier alpha value is -4.06. The predicted octanol–water partition coefficient (Wildman–Crippen LogP) is 5.28. The first-order valence-electron chi connectivity index (χ1n) is 9.21. The number of benzene rings is 2. The lowest BCUT2D eigenvalue weighted by molar-refractivity contribution is 0.457. The second-order valence-electron chi connectivity index (χ2n) is 6.76. The summed E-state index contributed by atoms with van der Waals surface area (Å²) in [5, 5.41) is 15.8. The molecular formula is C23H18N4O2. The number of furan rings is 1. The van der Waals surface area contributed by atoms with E-state index in [9.17, 15) is 5.11 Å². The maximum absolute atomic E-state index is 10.4. The zero-order valence-electron chi connectivity index (χ0n) is 15.7. The van der Waals surface area contributed by atoms with Gasteiger partial charge in [0, 0.05) is 41.4 Å². The van der Waals surface area contributed by atoms with Gasteiger partial charge in [0.05, 0.1) is 17.5 Å². The molecule has 0 unspecified atom stereocenters. The minimum atomic E-state index is 0.0748. The Morgan fingerprint density at radius 3 is 2.69 bits per heavy atom. The number of aliphatic imine (C=N–C) groups is 1. The van der Waals surface area contributed by atoms with Crippen LogP contribution in [0, 0.1) is 0 Å². The highest BCUT2D eigenvalue weighted by Crippen LogP contribution is 2.31. The summed E-state index contributed by atoms with van der Waals surface area (Å²) < 4.78 is 7.17. The van der Waals surface area contributed by atoms with Crippen molar-refractivity contribution in [3.05, 3.63) is 78.6 Å². The van der Waals surface area contributed by atoms with E-state index in [2.05, 4.69) is 15.1 Å². The van der Waals surface area contributed by atoms with E-state index < -0.39 is 0 Å². The van der Waals surface area contributed by atoms with E-state index in [1.54, 1.807) is 17.2 Å². The number of hydrogen-bond donors (Lipinski definition) is 2. The van der Waals surface area contributed by atoms with Crippen molar-refractivity contribution < 1.29 is 9.52 Å². The molecule has 0 aliphatic rings. The van der Waals surface area contributed by atoms with Crippen LogP contribution in [0.5, 0.6) is 5.88 Å². The molecule has 0 bridgehead atoms. The molecule has 0 aliphatic heterocycles. The molecule has 0 saturated heterocycles. The van der Waals surface area contributed by atoms with E-state index in [1.165, 1.54) is 0 Å². The normalized spacial score (nSPS) is 11.6. The third-order valence-electron chi connectivity index (χ3n) is 4.87. The van der Waals surface area contributed by atoms with E-state index in [-0.39, 0.29) is 5.88 Å². The summed E-state index contributed by atoms with van der Waals surface area (Å²) in [7, 11) is 1.85. The number of aryl methyl sites for hydroxylation is 1. The molecule has 0 spiro atoms. The Labute approximate surface area is 166 Å². The van der Waals surface area contributed by atoms with Crippen LogP contribution in [0.4, 0.5) is 5.82 Å². The van der Waals surface area contributed by atoms with Crippen LogP contribution in [0.2, 0.25) is 0 Å². The van der Waals surface area contributed by atoms with Crippen molar-refractivity contribution in [1.29, 1.82) is 0 Å². The number of aromatic hydroxyl groups is 1. The van der Waals surface area contributed by atoms with Gasteiger partial charge in [0.2, 0.25) is 0 Å². The molecule has 5 rings (SSSR count). The number of H-pyrrole nitrogens is 1. The van der Waals surface area contributed by atoms with Crippen molar-refractivity contribution in [2.45, 2.75) is 0 Å². The number of aromatic amines is 1. The molecule has 0 fully saturated rings. The quantitative estimate of drug-likeness (QED) is 0.415. The Balaban J connectivity index is 1.50. The predicted molar refractivity (Wildman–Crippen MR) is 114 cm³/mol. The van der Waals surface area contributed by atoms with Crippen LogP contribution in [0.25, 0.3) is 33.5 Å². The van der Waals surface area contributed by atoms with Crippen molar-refractivity contribution in [2.75, 3.05) is 0 Å². The molecule has 3 aromatic heterocycles. The SMILES string of the molecule is Cn1nc(-c2ccccc2)cc1N=Cc1c(O)[nH]c2cc(-c3ccco3)ccc12. The largest absolute Gasteiger partial charge is 0.494 e. The number of hydrogen-bond acceptors (Lipinski definition) is 4. The van der Waals surface area contributed by atoms with Crippen LogP contribution in [0.15, 0.2) is 82.4 Å². The highest BCUT2D eigenvalue weighted by molar-refractivity contribution is 6.03. The molecule has 3 heterocycles. The van der Waals surface area contributed by atoms with Crippen LogP contribution >= 0.6 is 0 Å². The van der Waals surface area contributed by atoms with E-state index in [0.29, 0.717) is 11.4 Å². The molecule has 0 aliphatic carbocycles. The molecule has 29 heavy (non-hydrogen) atoms. The number of fused-ring (bicyclic) bond motifs is 1. The fourth-order valence-corrected chi connectivity index (χ4v) is 3.39. The zero-order valence-corrected chi connectivity index (χ0v) is 15.7. The number of nitrogens with one attached hydrogen (secondary N) is 1. The maximum Gasteiger partial charge on any atom is 0.198 e. The van der Waals surface area contributed by atoms with Gasteiger partial charge in [-0.1, -0.05) is 42.5 Å². The Morgan fingerprint density at radius 2 is 1.90 bits per heavy atom. The maximum atomic E-state index is 10.4. The molecule has 5 aromatic rings. The Bertz CT molecular complexity index is 1310. The van der Waals surface area contributed by atoms with Crippen molar-refractivity contribution in [2.24, 2.45) is 12.0 Å². The van der Waals surface area contributed by atoms with Crippen molar-refractivity contribution in [3.63, 3.8) is 0 Å². The fourth-order valence-electron chi connectivity index (χ4n) is 3.39. The van der Waals surface area contributed by atoms with Gasteiger partial charge >= 0.3 is 0 Å². The van der Waals surface area contributed by atoms with E-state index in [4.69, 9.17) is 4.42 Å². The van der Waals surface area contributed by atoms with Crippen LogP contribution in [-0.2, 0) is 7.05 Å². The monoisotopic (exact) mass is 382 g/mol. The molecule has 0 saturated carbocycles. The van der Waals surface area contributed by atoms with Gasteiger partial charge in [0.1, 0.15) is 5.76 Å². The Morgan fingerprint density at radius 1 is 1.03 bits per heavy atom. The van der Waals surface area contributed by atoms with Crippen LogP contribution < -0.4 is 0 Å². The third kappa shape index (κ3) is 3.10. The van der Waals surface area contributed by atoms with Gasteiger partial charge in [-0.25, -0.2) is 4.99 Å². The second-order valence-corrected chi connectivity index (χ2v) is 6.76. The van der Waals surface area contributed by atoms with Gasteiger partial charge in [-0.2, -0.15) is 5.10 Å². The zero-order chi connectivity index (χ0) is 19.8. The molecule has 0 amide bonds. The van der Waals surface area contributed by atoms with Gasteiger partial charge in [0.25, 0.3) is 0 Å². The van der Waals surface area contributed by atoms with Crippen LogP contribution in [0.1, 0.15) is 5.56 Å². The van der Waals surface area contributed by atoms with E-state index in [0.717, 1.165) is 33.5 Å². The number of nitrogens with zero attached hydrogens (tertiary/aromatic N) is 3. The summed E-state index contributed by atoms with van der Waals surface area (Å²) in [4.78, 5) is 7.57. The molecule has 2 N–H and O–H groups in total. The average Bonchev–Trinajstić information content (AvgIpc) is 3.46. The first-order chi connectivity index (χ1) is 14.2. The van der Waals surface area contributed by atoms with Gasteiger partial charge in [0.15, 0.2) is 11.7 Å². The molecule has 142 valence electrons. The van der Waals surface area contributed by atoms with E-state index in [1.807, 2.05) is 73.8 Å². The minimum absolute atomic E-state index is 0.0748. The van der Waals surface area contributed by atoms with Gasteiger partial charge in [-0.3, -0.25) is 4.68 Å². The average molecular weight is 382 g/mol. The Kier molecular flexibility index (Phi) is 4.02. The minimum Gasteiger partial charge on any atom is -0.494 e. The highest BCUT2D eigenvalue weighted by atomic mass is 16.3. The van der Waals surface area contributed by atoms with Gasteiger partial charge in [-0.05, 0) is 18.2 Å². The summed E-state index contributed by atoms with van der Waals surface area (Å²) in [5.41, 5.74) is 4.27. The lowest BCUT2D eigenvalue weighted by Gasteiger charge is -1.98. The number of rotatable bonds is 4.